The van der Waals surface area contributed by atoms with Crippen molar-refractivity contribution in [3.8, 4) is 5.75 Å². The molecule has 1 rings (SSSR count). The number of nitrogens with one attached hydrogen (secondary N) is 1. The molecule has 1 N–H and O–H groups in total. The molecule has 1 aromatic rings. The van der Waals surface area contributed by atoms with Gasteiger partial charge in [-0.15, -0.1) is 11.6 Å². The average Bonchev–Trinajstić information content (AvgIpc) is 2.29. The van der Waals surface area contributed by atoms with Gasteiger partial charge in [-0.2, -0.15) is 0 Å². The highest BCUT2D eigenvalue weighted by atomic mass is 35.5. The maximum atomic E-state index is 11.8. The van der Waals surface area contributed by atoms with Crippen LogP contribution in [0.1, 0.15) is 23.7 Å². The van der Waals surface area contributed by atoms with Crippen molar-refractivity contribution in [2.24, 2.45) is 0 Å². The fourth-order valence-corrected chi connectivity index (χ4v) is 1.63. The van der Waals surface area contributed by atoms with Crippen LogP contribution in [0.15, 0.2) is 24.3 Å². The number of carbonyl (C=O) groups excluding carboxylic acids is 1. The molecule has 0 saturated heterocycles. The molecule has 0 radical (unpaired) electrons. The summed E-state index contributed by atoms with van der Waals surface area (Å²) in [5.41, 5.74) is 0.598. The fraction of sp³-hybridized carbons (Fsp3) is 0.417. The molecule has 0 saturated carbocycles. The van der Waals surface area contributed by atoms with Crippen LogP contribution in [0.3, 0.4) is 0 Å². The number of methoxy groups -OCH3 is 1. The van der Waals surface area contributed by atoms with Gasteiger partial charge in [-0.05, 0) is 31.5 Å². The van der Waals surface area contributed by atoms with Crippen LogP contribution in [-0.2, 0) is 0 Å². The summed E-state index contributed by atoms with van der Waals surface area (Å²) in [6.07, 6.45) is 0.761. The van der Waals surface area contributed by atoms with E-state index in [-0.39, 0.29) is 11.9 Å². The van der Waals surface area contributed by atoms with Gasteiger partial charge in [0.15, 0.2) is 0 Å². The van der Waals surface area contributed by atoms with Gasteiger partial charge in [-0.3, -0.25) is 4.79 Å². The second kappa shape index (κ2) is 6.38. The van der Waals surface area contributed by atoms with Crippen molar-refractivity contribution in [3.05, 3.63) is 29.8 Å². The minimum atomic E-state index is -0.100. The predicted octanol–water partition coefficient (Wildman–Crippen LogP) is 2.44. The van der Waals surface area contributed by atoms with Crippen molar-refractivity contribution in [2.75, 3.05) is 13.0 Å². The van der Waals surface area contributed by atoms with Gasteiger partial charge in [0, 0.05) is 17.5 Å². The molecule has 0 aliphatic heterocycles. The number of rotatable bonds is 5. The van der Waals surface area contributed by atoms with Crippen LogP contribution < -0.4 is 10.1 Å². The van der Waals surface area contributed by atoms with E-state index in [1.165, 1.54) is 0 Å². The van der Waals surface area contributed by atoms with Crippen LogP contribution in [0, 0.1) is 0 Å². The second-order valence-corrected chi connectivity index (χ2v) is 3.96. The Morgan fingerprint density at radius 2 is 2.31 bits per heavy atom. The molecular formula is C12H16ClNO2. The summed E-state index contributed by atoms with van der Waals surface area (Å²) in [4.78, 5) is 11.8. The first-order valence-corrected chi connectivity index (χ1v) is 5.71. The molecule has 0 aliphatic carbocycles. The first-order valence-electron chi connectivity index (χ1n) is 5.18. The minimum Gasteiger partial charge on any atom is -0.497 e. The predicted molar refractivity (Wildman–Crippen MR) is 65.3 cm³/mol. The fourth-order valence-electron chi connectivity index (χ4n) is 1.31. The van der Waals surface area contributed by atoms with Crippen LogP contribution in [-0.4, -0.2) is 24.9 Å². The lowest BCUT2D eigenvalue weighted by molar-refractivity contribution is 0.0939. The van der Waals surface area contributed by atoms with E-state index >= 15 is 0 Å². The molecule has 4 heteroatoms. The van der Waals surface area contributed by atoms with Gasteiger partial charge in [0.2, 0.25) is 0 Å². The number of halogens is 1. The summed E-state index contributed by atoms with van der Waals surface area (Å²) < 4.78 is 5.06. The van der Waals surface area contributed by atoms with E-state index in [2.05, 4.69) is 5.32 Å². The second-order valence-electron chi connectivity index (χ2n) is 3.58. The summed E-state index contributed by atoms with van der Waals surface area (Å²) in [7, 11) is 1.58. The molecule has 0 aromatic heterocycles. The van der Waals surface area contributed by atoms with E-state index in [0.717, 1.165) is 6.42 Å². The summed E-state index contributed by atoms with van der Waals surface area (Å²) >= 11 is 5.60. The standard InChI is InChI=1S/C12H16ClNO2/c1-9(6-7-13)14-12(15)10-4-3-5-11(8-10)16-2/h3-5,8-9H,6-7H2,1-2H3,(H,14,15). The highest BCUT2D eigenvalue weighted by Gasteiger charge is 2.09. The molecule has 88 valence electrons. The van der Waals surface area contributed by atoms with Gasteiger partial charge >= 0.3 is 0 Å². The molecule has 0 fully saturated rings. The van der Waals surface area contributed by atoms with E-state index in [1.54, 1.807) is 31.4 Å². The van der Waals surface area contributed by atoms with Crippen LogP contribution in [0.4, 0.5) is 0 Å². The zero-order chi connectivity index (χ0) is 12.0. The van der Waals surface area contributed by atoms with Crippen molar-refractivity contribution in [3.63, 3.8) is 0 Å². The normalized spacial score (nSPS) is 11.9. The Hall–Kier alpha value is -1.22. The van der Waals surface area contributed by atoms with Crippen LogP contribution in [0.5, 0.6) is 5.75 Å². The maximum Gasteiger partial charge on any atom is 0.251 e. The molecular weight excluding hydrogens is 226 g/mol. The van der Waals surface area contributed by atoms with Crippen molar-refractivity contribution >= 4 is 17.5 Å². The number of hydrogen-bond acceptors (Lipinski definition) is 2. The topological polar surface area (TPSA) is 38.3 Å². The van der Waals surface area contributed by atoms with Crippen LogP contribution >= 0.6 is 11.6 Å². The quantitative estimate of drug-likeness (QED) is 0.805. The molecule has 0 aliphatic rings. The monoisotopic (exact) mass is 241 g/mol. The Kier molecular flexibility index (Phi) is 5.12. The summed E-state index contributed by atoms with van der Waals surface area (Å²) in [6, 6.07) is 7.14. The maximum absolute atomic E-state index is 11.8. The van der Waals surface area contributed by atoms with Crippen LogP contribution in [0.25, 0.3) is 0 Å². The third-order valence-corrected chi connectivity index (χ3v) is 2.47. The van der Waals surface area contributed by atoms with Crippen molar-refractivity contribution in [1.29, 1.82) is 0 Å². The van der Waals surface area contributed by atoms with Gasteiger partial charge < -0.3 is 10.1 Å². The van der Waals surface area contributed by atoms with Crippen molar-refractivity contribution in [1.82, 2.24) is 5.32 Å². The molecule has 0 spiro atoms. The Labute approximate surface area is 101 Å². The first-order chi connectivity index (χ1) is 7.67. The molecule has 1 amide bonds. The highest BCUT2D eigenvalue weighted by molar-refractivity contribution is 6.17. The zero-order valence-electron chi connectivity index (χ0n) is 9.50. The van der Waals surface area contributed by atoms with Gasteiger partial charge in [-0.25, -0.2) is 0 Å². The van der Waals surface area contributed by atoms with E-state index in [4.69, 9.17) is 16.3 Å². The number of carbonyl (C=O) groups is 1. The number of amides is 1. The number of alkyl halides is 1. The third-order valence-electron chi connectivity index (χ3n) is 2.25. The smallest absolute Gasteiger partial charge is 0.251 e. The number of hydrogen-bond donors (Lipinski definition) is 1. The average molecular weight is 242 g/mol. The number of benzene rings is 1. The molecule has 0 heterocycles. The zero-order valence-corrected chi connectivity index (χ0v) is 10.3. The Morgan fingerprint density at radius 3 is 2.94 bits per heavy atom. The molecule has 1 aromatic carbocycles. The lowest BCUT2D eigenvalue weighted by Gasteiger charge is -2.12. The van der Waals surface area contributed by atoms with E-state index < -0.39 is 0 Å². The van der Waals surface area contributed by atoms with E-state index in [1.807, 2.05) is 6.92 Å². The lowest BCUT2D eigenvalue weighted by Crippen LogP contribution is -2.32. The van der Waals surface area contributed by atoms with Gasteiger partial charge in [0.05, 0.1) is 7.11 Å². The molecule has 1 atom stereocenters. The minimum absolute atomic E-state index is 0.0798. The van der Waals surface area contributed by atoms with E-state index in [9.17, 15) is 4.79 Å². The summed E-state index contributed by atoms with van der Waals surface area (Å²) in [5, 5.41) is 2.87. The lowest BCUT2D eigenvalue weighted by atomic mass is 10.2. The SMILES string of the molecule is COc1cccc(C(=O)NC(C)CCCl)c1. The Balaban J connectivity index is 2.65. The summed E-state index contributed by atoms with van der Waals surface area (Å²) in [6.45, 7) is 1.93. The van der Waals surface area contributed by atoms with Crippen molar-refractivity contribution < 1.29 is 9.53 Å². The van der Waals surface area contributed by atoms with Gasteiger partial charge in [0.25, 0.3) is 5.91 Å². The van der Waals surface area contributed by atoms with Gasteiger partial charge in [0.1, 0.15) is 5.75 Å². The highest BCUT2D eigenvalue weighted by Crippen LogP contribution is 2.12. The molecule has 3 nitrogen and oxygen atoms in total. The Morgan fingerprint density at radius 1 is 1.56 bits per heavy atom. The number of ether oxygens (including phenoxy) is 1. The molecule has 16 heavy (non-hydrogen) atoms. The molecule has 0 bridgehead atoms. The first kappa shape index (κ1) is 12.8. The third kappa shape index (κ3) is 3.74. The van der Waals surface area contributed by atoms with Gasteiger partial charge in [-0.1, -0.05) is 6.07 Å². The van der Waals surface area contributed by atoms with E-state index in [0.29, 0.717) is 17.2 Å². The largest absolute Gasteiger partial charge is 0.497 e. The summed E-state index contributed by atoms with van der Waals surface area (Å²) in [5.74, 6) is 1.12. The Bertz CT molecular complexity index is 355. The molecule has 1 unspecified atom stereocenters. The van der Waals surface area contributed by atoms with Crippen LogP contribution in [0.2, 0.25) is 0 Å². The van der Waals surface area contributed by atoms with Crippen molar-refractivity contribution in [2.45, 2.75) is 19.4 Å².